The van der Waals surface area contributed by atoms with E-state index in [0.717, 1.165) is 11.3 Å². The lowest BCUT2D eigenvalue weighted by Gasteiger charge is -2.31. The third-order valence-corrected chi connectivity index (χ3v) is 6.65. The Labute approximate surface area is 171 Å². The van der Waals surface area contributed by atoms with Crippen LogP contribution in [0.4, 0.5) is 0 Å². The molecule has 0 fully saturated rings. The highest BCUT2D eigenvalue weighted by Crippen LogP contribution is 2.29. The van der Waals surface area contributed by atoms with E-state index in [-0.39, 0.29) is 5.25 Å². The second-order valence-electron chi connectivity index (χ2n) is 6.63. The van der Waals surface area contributed by atoms with Crippen molar-refractivity contribution in [3.05, 3.63) is 57.7 Å². The van der Waals surface area contributed by atoms with Gasteiger partial charge in [-0.3, -0.25) is 14.5 Å². The molecule has 1 unspecified atom stereocenters. The van der Waals surface area contributed by atoms with Crippen molar-refractivity contribution in [2.45, 2.75) is 43.0 Å². The zero-order valence-corrected chi connectivity index (χ0v) is 16.8. The van der Waals surface area contributed by atoms with Crippen LogP contribution in [0.5, 0.6) is 0 Å². The fourth-order valence-electron chi connectivity index (χ4n) is 3.28. The Balaban J connectivity index is 1.91. The summed E-state index contributed by atoms with van der Waals surface area (Å²) >= 11 is 2.77. The number of carbonyl (C=O) groups is 3. The van der Waals surface area contributed by atoms with Crippen LogP contribution in [0.15, 0.2) is 52.8 Å². The van der Waals surface area contributed by atoms with Crippen LogP contribution in [0.2, 0.25) is 0 Å². The van der Waals surface area contributed by atoms with Crippen LogP contribution in [-0.4, -0.2) is 45.1 Å². The highest BCUT2D eigenvalue weighted by molar-refractivity contribution is 8.03. The molecule has 2 amide bonds. The largest absolute Gasteiger partial charge is 0.479 e. The fraction of sp³-hybridized carbons (Fsp3) is 0.350. The summed E-state index contributed by atoms with van der Waals surface area (Å²) in [6, 6.07) is 0.985. The zero-order valence-electron chi connectivity index (χ0n) is 15.2. The smallest absolute Gasteiger partial charge is 0.331 e. The second-order valence-corrected chi connectivity index (χ2v) is 8.79. The van der Waals surface area contributed by atoms with E-state index in [9.17, 15) is 19.5 Å². The molecule has 1 aromatic heterocycles. The van der Waals surface area contributed by atoms with Gasteiger partial charge in [-0.25, -0.2) is 4.79 Å². The van der Waals surface area contributed by atoms with Crippen molar-refractivity contribution in [2.24, 2.45) is 5.73 Å². The Kier molecular flexibility index (Phi) is 6.88. The molecule has 2 heterocycles. The molecule has 0 spiro atoms. The van der Waals surface area contributed by atoms with Gasteiger partial charge in [0.2, 0.25) is 5.91 Å². The number of rotatable bonds is 7. The number of thioether (sulfide) groups is 1. The Hall–Kier alpha value is -2.16. The summed E-state index contributed by atoms with van der Waals surface area (Å²) in [5.74, 6) is -2.49. The minimum Gasteiger partial charge on any atom is -0.479 e. The Bertz CT molecular complexity index is 821. The van der Waals surface area contributed by atoms with Gasteiger partial charge in [-0.15, -0.1) is 23.1 Å². The molecule has 1 aromatic rings. The van der Waals surface area contributed by atoms with Gasteiger partial charge in [-0.05, 0) is 48.1 Å². The third kappa shape index (κ3) is 4.63. The number of carboxylic acid groups (broad SMARTS) is 1. The number of thiophene rings is 1. The van der Waals surface area contributed by atoms with Crippen LogP contribution < -0.4 is 5.73 Å². The predicted molar refractivity (Wildman–Crippen MR) is 111 cm³/mol. The molecule has 6 nitrogen and oxygen atoms in total. The number of carboxylic acids is 1. The van der Waals surface area contributed by atoms with Crippen LogP contribution in [-0.2, 0) is 9.59 Å². The molecule has 28 heavy (non-hydrogen) atoms. The number of hydrogen-bond acceptors (Lipinski definition) is 6. The van der Waals surface area contributed by atoms with E-state index >= 15 is 0 Å². The van der Waals surface area contributed by atoms with E-state index in [0.29, 0.717) is 29.7 Å². The lowest BCUT2D eigenvalue weighted by molar-refractivity contribution is -0.146. The number of aliphatic carboxylic acids is 1. The van der Waals surface area contributed by atoms with E-state index in [1.807, 2.05) is 23.6 Å². The van der Waals surface area contributed by atoms with Gasteiger partial charge in [-0.1, -0.05) is 30.4 Å². The number of hydrogen-bond donors (Lipinski definition) is 2. The molecular formula is C20H22N2O4S2. The molecule has 3 N–H and O–H groups in total. The summed E-state index contributed by atoms with van der Waals surface area (Å²) in [5.41, 5.74) is 6.67. The molecule has 0 saturated carbocycles. The number of imide groups is 1. The molecule has 0 bridgehead atoms. The van der Waals surface area contributed by atoms with E-state index < -0.39 is 29.9 Å². The van der Waals surface area contributed by atoms with E-state index in [1.165, 1.54) is 11.3 Å². The molecule has 148 valence electrons. The van der Waals surface area contributed by atoms with Gasteiger partial charge >= 0.3 is 5.97 Å². The van der Waals surface area contributed by atoms with Crippen LogP contribution in [0.25, 0.3) is 0 Å². The van der Waals surface area contributed by atoms with Gasteiger partial charge in [-0.2, -0.15) is 0 Å². The van der Waals surface area contributed by atoms with Crippen LogP contribution in [0.3, 0.4) is 0 Å². The fourth-order valence-corrected chi connectivity index (χ4v) is 4.93. The second kappa shape index (κ2) is 9.36. The predicted octanol–water partition coefficient (Wildman–Crippen LogP) is 3.18. The number of carbonyl (C=O) groups excluding carboxylic acids is 2. The molecule has 8 heteroatoms. The summed E-state index contributed by atoms with van der Waals surface area (Å²) in [6.45, 7) is 0. The summed E-state index contributed by atoms with van der Waals surface area (Å²) in [5, 5.41) is 13.7. The molecule has 1 aliphatic heterocycles. The number of amides is 2. The van der Waals surface area contributed by atoms with Gasteiger partial charge < -0.3 is 10.8 Å². The molecule has 0 saturated heterocycles. The zero-order chi connectivity index (χ0) is 20.1. The molecular weight excluding hydrogens is 396 g/mol. The highest BCUT2D eigenvalue weighted by Gasteiger charge is 2.40. The average molecular weight is 419 g/mol. The van der Waals surface area contributed by atoms with Gasteiger partial charge in [0.25, 0.3) is 5.91 Å². The normalized spacial score (nSPS) is 20.5. The Morgan fingerprint density at radius 1 is 1.29 bits per heavy atom. The first-order chi connectivity index (χ1) is 13.5. The Morgan fingerprint density at radius 3 is 2.68 bits per heavy atom. The van der Waals surface area contributed by atoms with Crippen molar-refractivity contribution in [2.75, 3.05) is 0 Å². The van der Waals surface area contributed by atoms with Crippen molar-refractivity contribution < 1.29 is 19.5 Å². The number of nitrogens with zero attached hydrogens (tertiary/aromatic N) is 1. The molecule has 0 aromatic carbocycles. The lowest BCUT2D eigenvalue weighted by atomic mass is 9.96. The van der Waals surface area contributed by atoms with Crippen molar-refractivity contribution in [1.82, 2.24) is 4.90 Å². The van der Waals surface area contributed by atoms with Crippen molar-refractivity contribution in [3.63, 3.8) is 0 Å². The first kappa shape index (κ1) is 20.6. The molecule has 1 aliphatic carbocycles. The minimum absolute atomic E-state index is 0.165. The van der Waals surface area contributed by atoms with Gasteiger partial charge in [0.1, 0.15) is 0 Å². The topological polar surface area (TPSA) is 101 Å². The van der Waals surface area contributed by atoms with Crippen LogP contribution in [0.1, 0.15) is 35.4 Å². The van der Waals surface area contributed by atoms with Crippen LogP contribution >= 0.6 is 23.1 Å². The maximum absolute atomic E-state index is 13.2. The summed E-state index contributed by atoms with van der Waals surface area (Å²) in [7, 11) is 0. The maximum Gasteiger partial charge on any atom is 0.331 e. The number of nitrogens with two attached hydrogens (primary N) is 1. The minimum atomic E-state index is -1.35. The SMILES string of the molecule is N[C@@H](CC1CC=CS1)C(=O)N(C(=O)c1cccs1)[C@@H](C(=O)O)C1=CCC=CC1. The maximum atomic E-state index is 13.2. The average Bonchev–Trinajstić information content (AvgIpc) is 3.39. The molecule has 2 aliphatic rings. The van der Waals surface area contributed by atoms with Gasteiger partial charge in [0, 0.05) is 5.25 Å². The van der Waals surface area contributed by atoms with Gasteiger partial charge in [0.15, 0.2) is 6.04 Å². The lowest BCUT2D eigenvalue weighted by Crippen LogP contribution is -2.55. The molecule has 3 rings (SSSR count). The monoisotopic (exact) mass is 418 g/mol. The van der Waals surface area contributed by atoms with Crippen molar-refractivity contribution in [3.8, 4) is 0 Å². The van der Waals surface area contributed by atoms with Crippen LogP contribution in [0, 0.1) is 0 Å². The number of allylic oxidation sites excluding steroid dienone is 4. The third-order valence-electron chi connectivity index (χ3n) is 4.67. The highest BCUT2D eigenvalue weighted by atomic mass is 32.2. The molecule has 0 radical (unpaired) electrons. The first-order valence-corrected chi connectivity index (χ1v) is 10.8. The van der Waals surface area contributed by atoms with Crippen molar-refractivity contribution >= 4 is 40.9 Å². The summed E-state index contributed by atoms with van der Waals surface area (Å²) in [4.78, 5) is 39.6. The van der Waals surface area contributed by atoms with Crippen molar-refractivity contribution in [1.29, 1.82) is 0 Å². The van der Waals surface area contributed by atoms with E-state index in [2.05, 4.69) is 0 Å². The quantitative estimate of drug-likeness (QED) is 0.660. The first-order valence-electron chi connectivity index (χ1n) is 9.02. The van der Waals surface area contributed by atoms with Gasteiger partial charge in [0.05, 0.1) is 10.9 Å². The van der Waals surface area contributed by atoms with E-state index in [4.69, 9.17) is 5.73 Å². The Morgan fingerprint density at radius 2 is 2.11 bits per heavy atom. The standard InChI is InChI=1S/C20H22N2O4S2/c21-15(12-14-8-4-10-27-14)18(23)22(19(24)16-9-5-11-28-16)17(20(25)26)13-6-2-1-3-7-13/h1-2,4-5,7,9-11,14-15,17H,3,6,8,12,21H2,(H,25,26)/t14?,15-,17+/m0/s1. The molecule has 3 atom stereocenters. The summed E-state index contributed by atoms with van der Waals surface area (Å²) in [6.07, 6.45) is 9.71. The summed E-state index contributed by atoms with van der Waals surface area (Å²) < 4.78 is 0. The van der Waals surface area contributed by atoms with E-state index in [1.54, 1.807) is 35.4 Å².